The molecule has 1 aromatic rings. The van der Waals surface area contributed by atoms with E-state index in [0.717, 1.165) is 0 Å². The molecule has 20 heavy (non-hydrogen) atoms. The molecule has 0 fully saturated rings. The Balaban J connectivity index is 2.96. The van der Waals surface area contributed by atoms with Gasteiger partial charge in [-0.15, -0.1) is 0 Å². The van der Waals surface area contributed by atoms with Crippen molar-refractivity contribution in [3.05, 3.63) is 35.1 Å². The van der Waals surface area contributed by atoms with E-state index < -0.39 is 23.4 Å². The molecule has 0 aliphatic carbocycles. The van der Waals surface area contributed by atoms with Crippen molar-refractivity contribution >= 4 is 5.91 Å². The number of carbonyl (C=O) groups excluding carboxylic acids is 1. The average molecular weight is 286 g/mol. The lowest BCUT2D eigenvalue weighted by Gasteiger charge is -2.21. The van der Waals surface area contributed by atoms with Crippen LogP contribution in [-0.4, -0.2) is 37.6 Å². The van der Waals surface area contributed by atoms with E-state index in [1.54, 1.807) is 0 Å². The predicted octanol–water partition coefficient (Wildman–Crippen LogP) is 2.11. The molecule has 0 aliphatic heterocycles. The maximum Gasteiger partial charge on any atom is 0.254 e. The number of ether oxygens (including phenoxy) is 1. The number of nitrogens with zero attached hydrogens (tertiary/aromatic N) is 2. The molecule has 0 heterocycles. The number of methoxy groups -OCH3 is 1. The number of hydrogen-bond acceptors (Lipinski definition) is 3. The van der Waals surface area contributed by atoms with Crippen molar-refractivity contribution in [3.63, 3.8) is 0 Å². The standard InChI is InChI=1S/C13H13F3N2O2/c1-20-6-5-18(4-2-3-17)13(19)9-7-10(14)12(16)11(15)8-9/h7-8H,2,4-6H2,1H3. The molecule has 1 amide bonds. The SMILES string of the molecule is COCCN(CCC#N)C(=O)c1cc(F)c(F)c(F)c1. The quantitative estimate of drug-likeness (QED) is 0.753. The Morgan fingerprint density at radius 1 is 1.30 bits per heavy atom. The van der Waals surface area contributed by atoms with Gasteiger partial charge in [0.15, 0.2) is 17.5 Å². The van der Waals surface area contributed by atoms with E-state index in [9.17, 15) is 18.0 Å². The number of halogens is 3. The van der Waals surface area contributed by atoms with Crippen LogP contribution < -0.4 is 0 Å². The fourth-order valence-electron chi connectivity index (χ4n) is 1.56. The molecule has 0 radical (unpaired) electrons. The summed E-state index contributed by atoms with van der Waals surface area (Å²) in [6.07, 6.45) is 0.0710. The molecule has 0 saturated carbocycles. The Labute approximate surface area is 114 Å². The maximum absolute atomic E-state index is 13.1. The van der Waals surface area contributed by atoms with E-state index in [2.05, 4.69) is 0 Å². The molecule has 0 aliphatic rings. The highest BCUT2D eigenvalue weighted by atomic mass is 19.2. The lowest BCUT2D eigenvalue weighted by molar-refractivity contribution is 0.0698. The van der Waals surface area contributed by atoms with Crippen LogP contribution in [0.1, 0.15) is 16.8 Å². The number of amides is 1. The molecule has 7 heteroatoms. The normalized spacial score (nSPS) is 10.2. The van der Waals surface area contributed by atoms with E-state index >= 15 is 0 Å². The first-order valence-electron chi connectivity index (χ1n) is 5.81. The van der Waals surface area contributed by atoms with Gasteiger partial charge in [-0.3, -0.25) is 4.79 Å². The highest BCUT2D eigenvalue weighted by Crippen LogP contribution is 2.15. The number of rotatable bonds is 6. The van der Waals surface area contributed by atoms with Crippen molar-refractivity contribution in [2.75, 3.05) is 26.8 Å². The zero-order chi connectivity index (χ0) is 15.1. The van der Waals surface area contributed by atoms with Crippen LogP contribution in [-0.2, 0) is 4.74 Å². The molecular weight excluding hydrogens is 273 g/mol. The smallest absolute Gasteiger partial charge is 0.254 e. The van der Waals surface area contributed by atoms with E-state index in [1.165, 1.54) is 12.0 Å². The molecule has 1 aromatic carbocycles. The highest BCUT2D eigenvalue weighted by Gasteiger charge is 2.19. The lowest BCUT2D eigenvalue weighted by atomic mass is 10.1. The number of carbonyl (C=O) groups is 1. The van der Waals surface area contributed by atoms with Crippen molar-refractivity contribution in [1.82, 2.24) is 4.90 Å². The molecule has 0 bridgehead atoms. The van der Waals surface area contributed by atoms with Crippen LogP contribution in [0.15, 0.2) is 12.1 Å². The minimum Gasteiger partial charge on any atom is -0.383 e. The molecule has 0 atom stereocenters. The second kappa shape index (κ2) is 7.50. The van der Waals surface area contributed by atoms with Gasteiger partial charge in [0.2, 0.25) is 0 Å². The Bertz CT molecular complexity index is 506. The van der Waals surface area contributed by atoms with Gasteiger partial charge in [0.1, 0.15) is 0 Å². The molecule has 108 valence electrons. The zero-order valence-electron chi connectivity index (χ0n) is 10.8. The topological polar surface area (TPSA) is 53.3 Å². The fourth-order valence-corrected chi connectivity index (χ4v) is 1.56. The number of hydrogen-bond donors (Lipinski definition) is 0. The van der Waals surface area contributed by atoms with E-state index in [4.69, 9.17) is 10.00 Å². The summed E-state index contributed by atoms with van der Waals surface area (Å²) in [4.78, 5) is 13.3. The van der Waals surface area contributed by atoms with Crippen LogP contribution in [0.2, 0.25) is 0 Å². The summed E-state index contributed by atoms with van der Waals surface area (Å²) < 4.78 is 43.9. The third-order valence-electron chi connectivity index (χ3n) is 2.58. The molecule has 0 saturated heterocycles. The average Bonchev–Trinajstić information content (AvgIpc) is 2.43. The summed E-state index contributed by atoms with van der Waals surface area (Å²) in [5.41, 5.74) is -0.310. The monoisotopic (exact) mass is 286 g/mol. The van der Waals surface area contributed by atoms with Crippen molar-refractivity contribution in [3.8, 4) is 6.07 Å². The van der Waals surface area contributed by atoms with Crippen LogP contribution in [0.5, 0.6) is 0 Å². The third kappa shape index (κ3) is 3.96. The van der Waals surface area contributed by atoms with Gasteiger partial charge >= 0.3 is 0 Å². The van der Waals surface area contributed by atoms with E-state index in [1.807, 2.05) is 6.07 Å². The first kappa shape index (κ1) is 16.0. The van der Waals surface area contributed by atoms with Gasteiger partial charge in [-0.25, -0.2) is 13.2 Å². The van der Waals surface area contributed by atoms with Crippen molar-refractivity contribution in [1.29, 1.82) is 5.26 Å². The van der Waals surface area contributed by atoms with E-state index in [-0.39, 0.29) is 31.7 Å². The number of benzene rings is 1. The molecular formula is C13H13F3N2O2. The first-order chi connectivity index (χ1) is 9.51. The molecule has 0 aromatic heterocycles. The van der Waals surface area contributed by atoms with Gasteiger partial charge in [0, 0.05) is 25.8 Å². The largest absolute Gasteiger partial charge is 0.383 e. The Kier molecular flexibility index (Phi) is 6.00. The summed E-state index contributed by atoms with van der Waals surface area (Å²) >= 11 is 0. The van der Waals surface area contributed by atoms with Crippen LogP contribution >= 0.6 is 0 Å². The molecule has 1 rings (SSSR count). The second-order valence-corrected chi connectivity index (χ2v) is 3.95. The van der Waals surface area contributed by atoms with Gasteiger partial charge in [0.25, 0.3) is 5.91 Å². The minimum absolute atomic E-state index is 0.0710. The van der Waals surface area contributed by atoms with Crippen LogP contribution in [0.3, 0.4) is 0 Å². The van der Waals surface area contributed by atoms with Crippen LogP contribution in [0, 0.1) is 28.8 Å². The maximum atomic E-state index is 13.1. The summed E-state index contributed by atoms with van der Waals surface area (Å²) in [6, 6.07) is 3.13. The first-order valence-corrected chi connectivity index (χ1v) is 5.81. The summed E-state index contributed by atoms with van der Waals surface area (Å²) in [7, 11) is 1.43. The molecule has 0 unspecified atom stereocenters. The molecule has 0 N–H and O–H groups in total. The van der Waals surface area contributed by atoms with E-state index in [0.29, 0.717) is 12.1 Å². The van der Waals surface area contributed by atoms with Gasteiger partial charge < -0.3 is 9.64 Å². The Hall–Kier alpha value is -2.07. The second-order valence-electron chi connectivity index (χ2n) is 3.95. The Morgan fingerprint density at radius 3 is 2.40 bits per heavy atom. The summed E-state index contributed by atoms with van der Waals surface area (Å²) in [5.74, 6) is -5.17. The number of nitriles is 1. The summed E-state index contributed by atoms with van der Waals surface area (Å²) in [5, 5.41) is 8.53. The molecule has 4 nitrogen and oxygen atoms in total. The van der Waals surface area contributed by atoms with Crippen LogP contribution in [0.25, 0.3) is 0 Å². The van der Waals surface area contributed by atoms with Gasteiger partial charge in [-0.05, 0) is 12.1 Å². The summed E-state index contributed by atoms with van der Waals surface area (Å²) in [6.45, 7) is 0.472. The van der Waals surface area contributed by atoms with Crippen molar-refractivity contribution in [2.45, 2.75) is 6.42 Å². The molecule has 0 spiro atoms. The van der Waals surface area contributed by atoms with Gasteiger partial charge in [0.05, 0.1) is 19.1 Å². The Morgan fingerprint density at radius 2 is 1.90 bits per heavy atom. The van der Waals surface area contributed by atoms with Crippen molar-refractivity contribution in [2.24, 2.45) is 0 Å². The van der Waals surface area contributed by atoms with Crippen LogP contribution in [0.4, 0.5) is 13.2 Å². The predicted molar refractivity (Wildman–Crippen MR) is 64.3 cm³/mol. The third-order valence-corrected chi connectivity index (χ3v) is 2.58. The highest BCUT2D eigenvalue weighted by molar-refractivity contribution is 5.94. The minimum atomic E-state index is -1.62. The van der Waals surface area contributed by atoms with Gasteiger partial charge in [-0.1, -0.05) is 0 Å². The van der Waals surface area contributed by atoms with Crippen molar-refractivity contribution < 1.29 is 22.7 Å². The fraction of sp³-hybridized carbons (Fsp3) is 0.385. The van der Waals surface area contributed by atoms with Gasteiger partial charge in [-0.2, -0.15) is 5.26 Å². The lowest BCUT2D eigenvalue weighted by Crippen LogP contribution is -2.34. The zero-order valence-corrected chi connectivity index (χ0v) is 10.8.